The smallest absolute Gasteiger partial charge is 0.310 e. The summed E-state index contributed by atoms with van der Waals surface area (Å²) in [7, 11) is 0. The van der Waals surface area contributed by atoms with Gasteiger partial charge in [0.25, 0.3) is 0 Å². The summed E-state index contributed by atoms with van der Waals surface area (Å²) in [5.41, 5.74) is 1.67. The standard InChI is InChI=1S/C30H48O8/c1-7-11-15-35-27(31)23-21-19(5)20(6)22(24(23)28(32)36-16-12-8-2)26(30(34)38-18-14-10-4)25(21)29(33)37-17-13-9-3/h21-26H,7-18H2,1-6H3. The molecule has 8 nitrogen and oxygen atoms in total. The van der Waals surface area contributed by atoms with Crippen molar-refractivity contribution in [3.05, 3.63) is 11.1 Å². The van der Waals surface area contributed by atoms with Gasteiger partial charge >= 0.3 is 23.9 Å². The van der Waals surface area contributed by atoms with Gasteiger partial charge in [-0.2, -0.15) is 0 Å². The number of carbonyl (C=O) groups is 4. The molecule has 1 fully saturated rings. The van der Waals surface area contributed by atoms with Crippen LogP contribution in [0.4, 0.5) is 0 Å². The zero-order chi connectivity index (χ0) is 28.2. The van der Waals surface area contributed by atoms with Crippen molar-refractivity contribution >= 4 is 23.9 Å². The molecule has 38 heavy (non-hydrogen) atoms. The molecule has 0 aromatic rings. The Balaban J connectivity index is 2.57. The molecule has 1 saturated carbocycles. The molecule has 0 radical (unpaired) electrons. The molecule has 0 spiro atoms. The number of fused-ring (bicyclic) bond motifs is 2. The molecule has 0 amide bonds. The van der Waals surface area contributed by atoms with Crippen LogP contribution in [-0.2, 0) is 38.1 Å². The monoisotopic (exact) mass is 536 g/mol. The molecule has 0 saturated heterocycles. The fourth-order valence-corrected chi connectivity index (χ4v) is 5.77. The van der Waals surface area contributed by atoms with Crippen molar-refractivity contribution < 1.29 is 38.1 Å². The van der Waals surface area contributed by atoms with E-state index in [9.17, 15) is 19.2 Å². The number of hydrogen-bond donors (Lipinski definition) is 0. The number of allylic oxidation sites excluding steroid dienone is 2. The van der Waals surface area contributed by atoms with Crippen LogP contribution in [-0.4, -0.2) is 50.3 Å². The first kappa shape index (κ1) is 31.8. The van der Waals surface area contributed by atoms with E-state index in [2.05, 4.69) is 0 Å². The largest absolute Gasteiger partial charge is 0.465 e. The predicted octanol–water partition coefficient (Wildman–Crippen LogP) is 5.42. The van der Waals surface area contributed by atoms with E-state index in [0.717, 1.165) is 36.8 Å². The number of esters is 4. The van der Waals surface area contributed by atoms with Crippen molar-refractivity contribution in [1.82, 2.24) is 0 Å². The number of carbonyl (C=O) groups excluding carboxylic acids is 4. The summed E-state index contributed by atoms with van der Waals surface area (Å²) in [6.45, 7) is 12.7. The lowest BCUT2D eigenvalue weighted by molar-refractivity contribution is -0.187. The van der Waals surface area contributed by atoms with E-state index in [-0.39, 0.29) is 26.4 Å². The third-order valence-electron chi connectivity index (χ3n) is 8.00. The van der Waals surface area contributed by atoms with Crippen LogP contribution in [0.2, 0.25) is 0 Å². The predicted molar refractivity (Wildman–Crippen MR) is 143 cm³/mol. The first-order chi connectivity index (χ1) is 18.3. The number of unbranched alkanes of at least 4 members (excludes halogenated alkanes) is 4. The van der Waals surface area contributed by atoms with Gasteiger partial charge in [0.15, 0.2) is 0 Å². The highest BCUT2D eigenvalue weighted by atomic mass is 16.5. The van der Waals surface area contributed by atoms with Gasteiger partial charge in [-0.3, -0.25) is 19.2 Å². The molecule has 3 aliphatic carbocycles. The van der Waals surface area contributed by atoms with E-state index in [1.54, 1.807) is 0 Å². The van der Waals surface area contributed by atoms with Gasteiger partial charge in [0.1, 0.15) is 0 Å². The molecule has 4 atom stereocenters. The zero-order valence-corrected chi connectivity index (χ0v) is 24.2. The van der Waals surface area contributed by atoms with E-state index in [1.807, 2.05) is 41.5 Å². The van der Waals surface area contributed by atoms with Gasteiger partial charge in [0, 0.05) is 11.8 Å². The fourth-order valence-electron chi connectivity index (χ4n) is 5.77. The Morgan fingerprint density at radius 1 is 0.474 bits per heavy atom. The van der Waals surface area contributed by atoms with Gasteiger partial charge in [-0.25, -0.2) is 0 Å². The topological polar surface area (TPSA) is 105 Å². The molecule has 0 N–H and O–H groups in total. The summed E-state index contributed by atoms with van der Waals surface area (Å²) in [6.07, 6.45) is 6.18. The fraction of sp³-hybridized carbons (Fsp3) is 0.800. The lowest BCUT2D eigenvalue weighted by Crippen LogP contribution is -2.60. The van der Waals surface area contributed by atoms with Crippen LogP contribution in [0.1, 0.15) is 92.9 Å². The number of rotatable bonds is 16. The molecule has 2 bridgehead atoms. The first-order valence-corrected chi connectivity index (χ1v) is 14.6. The molecular formula is C30H48O8. The molecule has 0 aromatic heterocycles. The van der Waals surface area contributed by atoms with Crippen molar-refractivity contribution in [1.29, 1.82) is 0 Å². The highest BCUT2D eigenvalue weighted by molar-refractivity contribution is 5.91. The van der Waals surface area contributed by atoms with Crippen molar-refractivity contribution in [2.45, 2.75) is 92.9 Å². The molecule has 0 heterocycles. The Bertz CT molecular complexity index is 723. The second-order valence-electron chi connectivity index (χ2n) is 10.6. The maximum absolute atomic E-state index is 13.6. The van der Waals surface area contributed by atoms with Crippen LogP contribution in [0.5, 0.6) is 0 Å². The van der Waals surface area contributed by atoms with Crippen LogP contribution in [0.25, 0.3) is 0 Å². The maximum atomic E-state index is 13.6. The van der Waals surface area contributed by atoms with E-state index < -0.39 is 59.4 Å². The molecule has 3 aliphatic rings. The minimum absolute atomic E-state index is 0.233. The Kier molecular flexibility index (Phi) is 13.3. The van der Waals surface area contributed by atoms with Crippen molar-refractivity contribution in [2.75, 3.05) is 26.4 Å². The van der Waals surface area contributed by atoms with Crippen LogP contribution in [0.3, 0.4) is 0 Å². The average molecular weight is 537 g/mol. The zero-order valence-electron chi connectivity index (χ0n) is 24.2. The lowest BCUT2D eigenvalue weighted by atomic mass is 9.48. The van der Waals surface area contributed by atoms with Crippen LogP contribution >= 0.6 is 0 Å². The Labute approximate surface area is 228 Å². The third kappa shape index (κ3) is 7.38. The van der Waals surface area contributed by atoms with Gasteiger partial charge in [-0.1, -0.05) is 64.5 Å². The van der Waals surface area contributed by atoms with E-state index in [1.165, 1.54) is 0 Å². The van der Waals surface area contributed by atoms with E-state index >= 15 is 0 Å². The molecule has 3 rings (SSSR count). The quantitative estimate of drug-likeness (QED) is 0.111. The van der Waals surface area contributed by atoms with Crippen LogP contribution < -0.4 is 0 Å². The van der Waals surface area contributed by atoms with Crippen molar-refractivity contribution in [3.8, 4) is 0 Å². The summed E-state index contributed by atoms with van der Waals surface area (Å²) >= 11 is 0. The first-order valence-electron chi connectivity index (χ1n) is 14.6. The molecule has 4 unspecified atom stereocenters. The highest BCUT2D eigenvalue weighted by Gasteiger charge is 2.65. The Hall–Kier alpha value is -2.38. The Morgan fingerprint density at radius 3 is 0.868 bits per heavy atom. The average Bonchev–Trinajstić information content (AvgIpc) is 2.90. The summed E-state index contributed by atoms with van der Waals surface area (Å²) in [4.78, 5) is 54.2. The molecule has 216 valence electrons. The molecule has 8 heteroatoms. The van der Waals surface area contributed by atoms with Crippen molar-refractivity contribution in [3.63, 3.8) is 0 Å². The highest BCUT2D eigenvalue weighted by Crippen LogP contribution is 2.58. The van der Waals surface area contributed by atoms with E-state index in [0.29, 0.717) is 25.7 Å². The molecular weight excluding hydrogens is 488 g/mol. The summed E-state index contributed by atoms with van der Waals surface area (Å²) < 4.78 is 22.5. The van der Waals surface area contributed by atoms with Gasteiger partial charge in [0.05, 0.1) is 50.1 Å². The summed E-state index contributed by atoms with van der Waals surface area (Å²) in [6, 6.07) is 0. The van der Waals surface area contributed by atoms with E-state index in [4.69, 9.17) is 18.9 Å². The number of hydrogen-bond acceptors (Lipinski definition) is 8. The Morgan fingerprint density at radius 2 is 0.684 bits per heavy atom. The molecule has 0 aromatic carbocycles. The third-order valence-corrected chi connectivity index (χ3v) is 8.00. The summed E-state index contributed by atoms with van der Waals surface area (Å²) in [5, 5.41) is 0. The van der Waals surface area contributed by atoms with Crippen molar-refractivity contribution in [2.24, 2.45) is 35.5 Å². The second-order valence-corrected chi connectivity index (χ2v) is 10.6. The number of ether oxygens (including phenoxy) is 4. The van der Waals surface area contributed by atoms with Crippen LogP contribution in [0.15, 0.2) is 11.1 Å². The van der Waals surface area contributed by atoms with Crippen LogP contribution in [0, 0.1) is 35.5 Å². The minimum atomic E-state index is -0.932. The summed E-state index contributed by atoms with van der Waals surface area (Å²) in [5.74, 6) is -7.26. The minimum Gasteiger partial charge on any atom is -0.465 e. The second kappa shape index (κ2) is 15.9. The SMILES string of the molecule is CCCCOC(=O)C1C(C(=O)OCCCC)C2C(C)=C(C)C1C(C(=O)OCCCC)C2C(=O)OCCCC. The van der Waals surface area contributed by atoms with Gasteiger partial charge < -0.3 is 18.9 Å². The lowest BCUT2D eigenvalue weighted by Gasteiger charge is -2.53. The van der Waals surface area contributed by atoms with Gasteiger partial charge in [-0.15, -0.1) is 0 Å². The van der Waals surface area contributed by atoms with Gasteiger partial charge in [-0.05, 0) is 39.5 Å². The maximum Gasteiger partial charge on any atom is 0.310 e. The normalized spacial score (nSPS) is 26.2. The van der Waals surface area contributed by atoms with Gasteiger partial charge in [0.2, 0.25) is 0 Å². The molecule has 0 aliphatic heterocycles.